The maximum Gasteiger partial charge on any atom is 0.462 e. The van der Waals surface area contributed by atoms with Crippen LogP contribution in [0.25, 0.3) is 0 Å². The maximum absolute atomic E-state index is 10.5. The lowest BCUT2D eigenvalue weighted by Gasteiger charge is -1.99. The van der Waals surface area contributed by atoms with Gasteiger partial charge in [-0.2, -0.15) is 0 Å². The summed E-state index contributed by atoms with van der Waals surface area (Å²) in [5, 5.41) is 0. The van der Waals surface area contributed by atoms with Crippen LogP contribution in [0.1, 0.15) is 6.92 Å². The molecule has 0 saturated heterocycles. The van der Waals surface area contributed by atoms with Crippen molar-refractivity contribution < 1.29 is 28.9 Å². The first kappa shape index (κ1) is 11.2. The zero-order chi connectivity index (χ0) is 10.3. The van der Waals surface area contributed by atoms with Crippen LogP contribution < -0.4 is 0 Å². The molecule has 6 nitrogen and oxygen atoms in total. The van der Waals surface area contributed by atoms with Crippen LogP contribution in [-0.4, -0.2) is 24.5 Å². The first-order valence-corrected chi connectivity index (χ1v) is 3.33. The van der Waals surface area contributed by atoms with E-state index in [1.165, 1.54) is 6.92 Å². The third-order valence-electron chi connectivity index (χ3n) is 0.808. The summed E-state index contributed by atoms with van der Waals surface area (Å²) < 4.78 is 4.24. The fourth-order valence-corrected chi connectivity index (χ4v) is 0.337. The van der Waals surface area contributed by atoms with Crippen LogP contribution in [0.3, 0.4) is 0 Å². The molecule has 0 unspecified atom stereocenters. The molecular weight excluding hydrogens is 180 g/mol. The second-order valence-corrected chi connectivity index (χ2v) is 1.70. The number of carbonyl (C=O) groups excluding carboxylic acids is 3. The fourth-order valence-electron chi connectivity index (χ4n) is 0.337. The first-order valence-electron chi connectivity index (χ1n) is 3.33. The predicted molar refractivity (Wildman–Crippen MR) is 39.0 cm³/mol. The van der Waals surface area contributed by atoms with Gasteiger partial charge in [-0.1, -0.05) is 6.58 Å². The highest BCUT2D eigenvalue weighted by Gasteiger charge is 2.19. The van der Waals surface area contributed by atoms with E-state index in [4.69, 9.17) is 0 Å². The van der Waals surface area contributed by atoms with Crippen molar-refractivity contribution >= 4 is 17.9 Å². The van der Waals surface area contributed by atoms with Gasteiger partial charge in [-0.15, -0.1) is 0 Å². The quantitative estimate of drug-likeness (QED) is 0.195. The molecule has 0 aromatic rings. The maximum atomic E-state index is 10.5. The van der Waals surface area contributed by atoms with Gasteiger partial charge in [0.25, 0.3) is 0 Å². The van der Waals surface area contributed by atoms with Gasteiger partial charge in [0.05, 0.1) is 6.61 Å². The highest BCUT2D eigenvalue weighted by molar-refractivity contribution is 6.29. The zero-order valence-corrected chi connectivity index (χ0v) is 6.94. The second-order valence-electron chi connectivity index (χ2n) is 1.70. The summed E-state index contributed by atoms with van der Waals surface area (Å²) >= 11 is 0. The standard InChI is InChI=1S/C7H8O6/c1-3-5(8)12-13-7(10)6(9)11-4-2/h3H,1,4H2,2H3. The van der Waals surface area contributed by atoms with Gasteiger partial charge in [0.1, 0.15) is 0 Å². The van der Waals surface area contributed by atoms with E-state index in [-0.39, 0.29) is 6.61 Å². The Morgan fingerprint density at radius 2 is 1.85 bits per heavy atom. The molecule has 0 spiro atoms. The van der Waals surface area contributed by atoms with Gasteiger partial charge in [0.2, 0.25) is 0 Å². The monoisotopic (exact) mass is 188 g/mol. The summed E-state index contributed by atoms with van der Waals surface area (Å²) in [5.41, 5.74) is 0. The number of ether oxygens (including phenoxy) is 1. The predicted octanol–water partition coefficient (Wildman–Crippen LogP) is -0.263. The van der Waals surface area contributed by atoms with Gasteiger partial charge < -0.3 is 4.74 Å². The molecule has 0 N–H and O–H groups in total. The molecule has 0 heterocycles. The van der Waals surface area contributed by atoms with Crippen LogP contribution in [0.2, 0.25) is 0 Å². The van der Waals surface area contributed by atoms with E-state index >= 15 is 0 Å². The number of hydrogen-bond acceptors (Lipinski definition) is 6. The molecule has 0 saturated carbocycles. The Hall–Kier alpha value is -1.85. The molecule has 0 amide bonds. The zero-order valence-electron chi connectivity index (χ0n) is 6.94. The lowest BCUT2D eigenvalue weighted by atomic mass is 10.7. The highest BCUT2D eigenvalue weighted by atomic mass is 17.2. The minimum Gasteiger partial charge on any atom is -0.457 e. The third kappa shape index (κ3) is 4.57. The first-order chi connectivity index (χ1) is 6.11. The average Bonchev–Trinajstić information content (AvgIpc) is 2.13. The summed E-state index contributed by atoms with van der Waals surface area (Å²) in [7, 11) is 0. The number of hydrogen-bond donors (Lipinski definition) is 0. The van der Waals surface area contributed by atoms with E-state index in [0.29, 0.717) is 0 Å². The molecule has 0 aromatic carbocycles. The van der Waals surface area contributed by atoms with Gasteiger partial charge in [-0.05, 0) is 6.92 Å². The average molecular weight is 188 g/mol. The van der Waals surface area contributed by atoms with Gasteiger partial charge in [-0.3, -0.25) is 0 Å². The second kappa shape index (κ2) is 5.76. The molecule has 0 rings (SSSR count). The van der Waals surface area contributed by atoms with Crippen LogP contribution in [0.4, 0.5) is 0 Å². The molecule has 72 valence electrons. The van der Waals surface area contributed by atoms with Crippen molar-refractivity contribution in [3.05, 3.63) is 12.7 Å². The van der Waals surface area contributed by atoms with Crippen LogP contribution in [0, 0.1) is 0 Å². The number of esters is 1. The van der Waals surface area contributed by atoms with Crippen molar-refractivity contribution in [1.29, 1.82) is 0 Å². The third-order valence-corrected chi connectivity index (χ3v) is 0.808. The molecular formula is C7H8O6. The fraction of sp³-hybridized carbons (Fsp3) is 0.286. The van der Waals surface area contributed by atoms with Gasteiger partial charge in [0.15, 0.2) is 0 Å². The van der Waals surface area contributed by atoms with Crippen LogP contribution in [0.15, 0.2) is 12.7 Å². The number of rotatable bonds is 2. The van der Waals surface area contributed by atoms with Crippen molar-refractivity contribution in [3.63, 3.8) is 0 Å². The minimum atomic E-state index is -1.39. The Labute approximate surface area is 74.0 Å². The molecule has 0 aliphatic rings. The summed E-state index contributed by atoms with van der Waals surface area (Å²) in [6.07, 6.45) is 0.776. The van der Waals surface area contributed by atoms with E-state index in [2.05, 4.69) is 21.1 Å². The summed E-state index contributed by atoms with van der Waals surface area (Å²) in [6.45, 7) is 4.58. The Kier molecular flexibility index (Phi) is 4.94. The van der Waals surface area contributed by atoms with E-state index in [0.717, 1.165) is 6.08 Å². The largest absolute Gasteiger partial charge is 0.462 e. The van der Waals surface area contributed by atoms with Crippen molar-refractivity contribution in [3.8, 4) is 0 Å². The molecule has 0 radical (unpaired) electrons. The molecule has 0 fully saturated rings. The van der Waals surface area contributed by atoms with Crippen LogP contribution in [-0.2, 0) is 28.9 Å². The molecule has 0 aliphatic heterocycles. The van der Waals surface area contributed by atoms with E-state index < -0.39 is 17.9 Å². The Bertz CT molecular complexity index is 231. The van der Waals surface area contributed by atoms with Crippen LogP contribution in [0.5, 0.6) is 0 Å². The van der Waals surface area contributed by atoms with E-state index in [1.807, 2.05) is 0 Å². The van der Waals surface area contributed by atoms with Crippen LogP contribution >= 0.6 is 0 Å². The number of carbonyl (C=O) groups is 3. The minimum absolute atomic E-state index is 0.0311. The normalized spacial score (nSPS) is 8.38. The van der Waals surface area contributed by atoms with Gasteiger partial charge >= 0.3 is 17.9 Å². The smallest absolute Gasteiger partial charge is 0.457 e. The lowest BCUT2D eigenvalue weighted by Crippen LogP contribution is -2.21. The van der Waals surface area contributed by atoms with Crippen molar-refractivity contribution in [2.75, 3.05) is 6.61 Å². The Morgan fingerprint density at radius 3 is 2.31 bits per heavy atom. The molecule has 0 aromatic heterocycles. The molecule has 6 heteroatoms. The van der Waals surface area contributed by atoms with Crippen molar-refractivity contribution in [1.82, 2.24) is 0 Å². The molecule has 0 bridgehead atoms. The summed E-state index contributed by atoms with van der Waals surface area (Å²) in [5.74, 6) is -3.59. The molecule has 0 aliphatic carbocycles. The SMILES string of the molecule is C=CC(=O)OOC(=O)C(=O)OCC. The Morgan fingerprint density at radius 1 is 1.23 bits per heavy atom. The van der Waals surface area contributed by atoms with E-state index in [1.54, 1.807) is 0 Å². The summed E-state index contributed by atoms with van der Waals surface area (Å²) in [4.78, 5) is 39.0. The van der Waals surface area contributed by atoms with Crippen molar-refractivity contribution in [2.45, 2.75) is 6.92 Å². The van der Waals surface area contributed by atoms with Crippen molar-refractivity contribution in [2.24, 2.45) is 0 Å². The lowest BCUT2D eigenvalue weighted by molar-refractivity contribution is -0.255. The molecule has 0 atom stereocenters. The molecule has 13 heavy (non-hydrogen) atoms. The Balaban J connectivity index is 3.80. The van der Waals surface area contributed by atoms with E-state index in [9.17, 15) is 14.4 Å². The van der Waals surface area contributed by atoms with Gasteiger partial charge in [0, 0.05) is 6.08 Å². The van der Waals surface area contributed by atoms with Gasteiger partial charge in [-0.25, -0.2) is 24.2 Å². The topological polar surface area (TPSA) is 78.9 Å². The summed E-state index contributed by atoms with van der Waals surface area (Å²) in [6, 6.07) is 0. The highest BCUT2D eigenvalue weighted by Crippen LogP contribution is 1.87.